The average Bonchev–Trinajstić information content (AvgIpc) is 2.28. The molecular formula is C8H3Cl2N5O2. The quantitative estimate of drug-likeness (QED) is 0.359. The predicted molar refractivity (Wildman–Crippen MR) is 64.0 cm³/mol. The number of hydrogen-bond acceptors (Lipinski definition) is 3. The van der Waals surface area contributed by atoms with E-state index in [2.05, 4.69) is 20.0 Å². The van der Waals surface area contributed by atoms with Crippen LogP contribution in [-0.2, 0) is 0 Å². The maximum Gasteiger partial charge on any atom is 0.314 e. The van der Waals surface area contributed by atoms with Crippen LogP contribution >= 0.6 is 23.2 Å². The zero-order valence-corrected chi connectivity index (χ0v) is 9.50. The number of nitrogens with zero attached hydrogens (tertiary/aromatic N) is 3. The molecule has 0 amide bonds. The van der Waals surface area contributed by atoms with Crippen molar-refractivity contribution in [2.24, 2.45) is 5.11 Å². The van der Waals surface area contributed by atoms with Crippen molar-refractivity contribution in [3.63, 3.8) is 0 Å². The molecule has 0 spiro atoms. The summed E-state index contributed by atoms with van der Waals surface area (Å²) >= 11 is 11.7. The first kappa shape index (κ1) is 11.5. The summed E-state index contributed by atoms with van der Waals surface area (Å²) < 4.78 is 0. The van der Waals surface area contributed by atoms with Crippen LogP contribution in [0.4, 0.5) is 5.69 Å². The molecule has 0 radical (unpaired) electrons. The molecule has 0 atom stereocenters. The van der Waals surface area contributed by atoms with Crippen molar-refractivity contribution in [1.29, 1.82) is 0 Å². The molecule has 0 saturated heterocycles. The normalized spacial score (nSPS) is 10.2. The Labute approximate surface area is 103 Å². The van der Waals surface area contributed by atoms with E-state index in [0.717, 1.165) is 0 Å². The third kappa shape index (κ3) is 1.87. The Morgan fingerprint density at radius 3 is 2.53 bits per heavy atom. The lowest BCUT2D eigenvalue weighted by Crippen LogP contribution is -2.28. The summed E-state index contributed by atoms with van der Waals surface area (Å²) in [4.78, 5) is 29.4. The minimum absolute atomic E-state index is 0.00830. The molecule has 17 heavy (non-hydrogen) atoms. The number of hydrogen-bond donors (Lipinski definition) is 2. The highest BCUT2D eigenvalue weighted by Gasteiger charge is 2.11. The summed E-state index contributed by atoms with van der Waals surface area (Å²) in [6.07, 6.45) is 0. The number of benzene rings is 1. The fourth-order valence-electron chi connectivity index (χ4n) is 1.32. The Kier molecular flexibility index (Phi) is 2.81. The van der Waals surface area contributed by atoms with E-state index in [4.69, 9.17) is 28.7 Å². The molecule has 7 nitrogen and oxygen atoms in total. The van der Waals surface area contributed by atoms with Crippen molar-refractivity contribution in [3.05, 3.63) is 47.3 Å². The van der Waals surface area contributed by atoms with Gasteiger partial charge in [0.25, 0.3) is 0 Å². The maximum atomic E-state index is 11.1. The van der Waals surface area contributed by atoms with Gasteiger partial charge in [0.15, 0.2) is 0 Å². The molecule has 9 heteroatoms. The topological polar surface area (TPSA) is 114 Å². The number of halogens is 2. The highest BCUT2D eigenvalue weighted by Crippen LogP contribution is 2.37. The largest absolute Gasteiger partial charge is 0.316 e. The Bertz CT molecular complexity index is 772. The van der Waals surface area contributed by atoms with Crippen LogP contribution in [0.3, 0.4) is 0 Å². The smallest absolute Gasteiger partial charge is 0.314 e. The van der Waals surface area contributed by atoms with E-state index in [9.17, 15) is 9.59 Å². The molecule has 2 N–H and O–H groups in total. The van der Waals surface area contributed by atoms with Crippen molar-refractivity contribution in [3.8, 4) is 0 Å². The average molecular weight is 272 g/mol. The second-order valence-electron chi connectivity index (χ2n) is 3.04. The van der Waals surface area contributed by atoms with Crippen LogP contribution in [0.5, 0.6) is 0 Å². The van der Waals surface area contributed by atoms with Crippen LogP contribution in [0.2, 0.25) is 10.0 Å². The molecule has 1 heterocycles. The molecule has 0 aliphatic carbocycles. The van der Waals surface area contributed by atoms with Crippen LogP contribution in [0.1, 0.15) is 0 Å². The van der Waals surface area contributed by atoms with Gasteiger partial charge in [0.1, 0.15) is 0 Å². The molecule has 2 aromatic rings. The summed E-state index contributed by atoms with van der Waals surface area (Å²) in [7, 11) is 0. The first-order chi connectivity index (χ1) is 8.04. The van der Waals surface area contributed by atoms with Gasteiger partial charge in [0.2, 0.25) is 0 Å². The molecule has 1 aromatic heterocycles. The fourth-order valence-corrected chi connectivity index (χ4v) is 1.89. The number of aromatic nitrogens is 2. The van der Waals surface area contributed by atoms with Crippen LogP contribution < -0.4 is 11.1 Å². The number of aromatic amines is 2. The molecule has 86 valence electrons. The Hall–Kier alpha value is -1.95. The molecule has 0 fully saturated rings. The van der Waals surface area contributed by atoms with Gasteiger partial charge < -0.3 is 9.97 Å². The van der Waals surface area contributed by atoms with Gasteiger partial charge in [-0.05, 0) is 11.6 Å². The van der Waals surface area contributed by atoms with Gasteiger partial charge in [-0.1, -0.05) is 28.3 Å². The molecule has 0 aliphatic rings. The minimum atomic E-state index is -0.853. The van der Waals surface area contributed by atoms with E-state index >= 15 is 0 Å². The van der Waals surface area contributed by atoms with E-state index in [1.54, 1.807) is 0 Å². The summed E-state index contributed by atoms with van der Waals surface area (Å²) in [5, 5.41) is 3.35. The van der Waals surface area contributed by atoms with Gasteiger partial charge in [0.05, 0.1) is 26.8 Å². The fraction of sp³-hybridized carbons (Fsp3) is 0. The number of fused-ring (bicyclic) bond motifs is 1. The lowest BCUT2D eigenvalue weighted by molar-refractivity contribution is 1.15. The molecule has 1 aromatic carbocycles. The van der Waals surface area contributed by atoms with Crippen molar-refractivity contribution >= 4 is 39.9 Å². The molecule has 0 saturated carbocycles. The summed E-state index contributed by atoms with van der Waals surface area (Å²) in [5.41, 5.74) is 7.08. The zero-order valence-electron chi connectivity index (χ0n) is 7.99. The highest BCUT2D eigenvalue weighted by molar-refractivity contribution is 6.42. The van der Waals surface area contributed by atoms with Crippen molar-refractivity contribution in [2.75, 3.05) is 0 Å². The number of azide groups is 1. The van der Waals surface area contributed by atoms with Crippen LogP contribution in [-0.4, -0.2) is 9.97 Å². The van der Waals surface area contributed by atoms with Crippen molar-refractivity contribution < 1.29 is 0 Å². The van der Waals surface area contributed by atoms with E-state index < -0.39 is 11.1 Å². The number of nitrogens with one attached hydrogen (secondary N) is 2. The third-order valence-corrected chi connectivity index (χ3v) is 2.69. The SMILES string of the molecule is [N-]=[N+]=Nc1c(Cl)cc2[nH]c(=O)c(=O)[nH]c2c1Cl. The van der Waals surface area contributed by atoms with Gasteiger partial charge in [-0.25, -0.2) is 0 Å². The summed E-state index contributed by atoms with van der Waals surface area (Å²) in [6, 6.07) is 1.34. The van der Waals surface area contributed by atoms with Crippen molar-refractivity contribution in [2.45, 2.75) is 0 Å². The van der Waals surface area contributed by atoms with Crippen LogP contribution in [0, 0.1) is 0 Å². The van der Waals surface area contributed by atoms with Gasteiger partial charge >= 0.3 is 11.1 Å². The Balaban J connectivity index is 3.02. The van der Waals surface area contributed by atoms with Gasteiger partial charge in [-0.15, -0.1) is 0 Å². The standard InChI is InChI=1S/C8H3Cl2N5O2/c9-2-1-3-6(4(10)5(2)14-15-11)13-8(17)7(16)12-3/h1H,(H,12,16)(H,13,17). The van der Waals surface area contributed by atoms with Crippen LogP contribution in [0.25, 0.3) is 21.5 Å². The lowest BCUT2D eigenvalue weighted by Gasteiger charge is -2.04. The second-order valence-corrected chi connectivity index (χ2v) is 3.83. The van der Waals surface area contributed by atoms with E-state index in [0.29, 0.717) is 0 Å². The first-order valence-electron chi connectivity index (χ1n) is 4.24. The van der Waals surface area contributed by atoms with E-state index in [1.807, 2.05) is 0 Å². The van der Waals surface area contributed by atoms with Gasteiger partial charge in [-0.3, -0.25) is 9.59 Å². The lowest BCUT2D eigenvalue weighted by atomic mass is 10.2. The molecule has 0 aliphatic heterocycles. The Morgan fingerprint density at radius 1 is 1.24 bits per heavy atom. The predicted octanol–water partition coefficient (Wildman–Crippen LogP) is 2.46. The maximum absolute atomic E-state index is 11.1. The molecule has 2 rings (SSSR count). The highest BCUT2D eigenvalue weighted by atomic mass is 35.5. The summed E-state index contributed by atoms with van der Waals surface area (Å²) in [6.45, 7) is 0. The van der Waals surface area contributed by atoms with Gasteiger partial charge in [0, 0.05) is 4.91 Å². The van der Waals surface area contributed by atoms with E-state index in [1.165, 1.54) is 6.07 Å². The van der Waals surface area contributed by atoms with Crippen molar-refractivity contribution in [1.82, 2.24) is 9.97 Å². The summed E-state index contributed by atoms with van der Waals surface area (Å²) in [5.74, 6) is 0. The molecule has 0 bridgehead atoms. The van der Waals surface area contributed by atoms with Gasteiger partial charge in [-0.2, -0.15) is 0 Å². The number of H-pyrrole nitrogens is 2. The first-order valence-corrected chi connectivity index (χ1v) is 4.99. The Morgan fingerprint density at radius 2 is 1.88 bits per heavy atom. The number of rotatable bonds is 1. The second kappa shape index (κ2) is 4.14. The molecular weight excluding hydrogens is 269 g/mol. The van der Waals surface area contributed by atoms with E-state index in [-0.39, 0.29) is 26.8 Å². The minimum Gasteiger partial charge on any atom is -0.316 e. The monoisotopic (exact) mass is 271 g/mol. The zero-order chi connectivity index (χ0) is 12.6. The third-order valence-electron chi connectivity index (χ3n) is 2.03. The molecule has 0 unspecified atom stereocenters. The van der Waals surface area contributed by atoms with Crippen LogP contribution in [0.15, 0.2) is 20.8 Å².